The molecule has 60 valence electrons. The van der Waals surface area contributed by atoms with Gasteiger partial charge >= 0.3 is 0 Å². The Hall–Kier alpha value is -1.84. The number of fused-ring (bicyclic) bond motifs is 1. The van der Waals surface area contributed by atoms with Crippen LogP contribution in [0.5, 0.6) is 0 Å². The summed E-state index contributed by atoms with van der Waals surface area (Å²) >= 11 is 0. The minimum absolute atomic E-state index is 0.160. The second kappa shape index (κ2) is 2.34. The van der Waals surface area contributed by atoms with Gasteiger partial charge in [-0.1, -0.05) is 0 Å². The van der Waals surface area contributed by atoms with Gasteiger partial charge in [0, 0.05) is 24.0 Å². The smallest absolute Gasteiger partial charge is 0.257 e. The quantitative estimate of drug-likeness (QED) is 0.591. The minimum atomic E-state index is -0.160. The lowest BCUT2D eigenvalue weighted by molar-refractivity contribution is 1.26. The topological polar surface area (TPSA) is 71.8 Å². The van der Waals surface area contributed by atoms with Gasteiger partial charge in [-0.25, -0.2) is 0 Å². The molecule has 0 fully saturated rings. The van der Waals surface area contributed by atoms with Crippen LogP contribution in [0.2, 0.25) is 0 Å². The van der Waals surface area contributed by atoms with Crippen LogP contribution in [0.3, 0.4) is 0 Å². The van der Waals surface area contributed by atoms with Gasteiger partial charge in [0.1, 0.15) is 0 Å². The zero-order valence-electron chi connectivity index (χ0n) is 6.24. The number of H-pyrrole nitrogens is 1. The third kappa shape index (κ3) is 0.852. The van der Waals surface area contributed by atoms with Gasteiger partial charge in [-0.3, -0.25) is 9.78 Å². The molecule has 12 heavy (non-hydrogen) atoms. The van der Waals surface area contributed by atoms with Crippen LogP contribution in [0.4, 0.5) is 5.69 Å². The van der Waals surface area contributed by atoms with Gasteiger partial charge in [-0.15, -0.1) is 0 Å². The molecule has 0 atom stereocenters. The number of rotatable bonds is 0. The Bertz CT molecular complexity index is 475. The SMILES string of the molecule is Nc1c[nH]c(=O)c2cnccc12. The Kier molecular flexibility index (Phi) is 1.33. The molecule has 4 heteroatoms. The molecule has 0 saturated heterocycles. The van der Waals surface area contributed by atoms with E-state index in [4.69, 9.17) is 5.73 Å². The number of nitrogens with two attached hydrogens (primary N) is 1. The van der Waals surface area contributed by atoms with Crippen LogP contribution in [-0.4, -0.2) is 9.97 Å². The highest BCUT2D eigenvalue weighted by Gasteiger charge is 1.99. The van der Waals surface area contributed by atoms with Crippen molar-refractivity contribution in [2.45, 2.75) is 0 Å². The van der Waals surface area contributed by atoms with E-state index in [-0.39, 0.29) is 5.56 Å². The van der Waals surface area contributed by atoms with Gasteiger partial charge in [0.05, 0.1) is 11.1 Å². The van der Waals surface area contributed by atoms with Crippen LogP contribution in [0.15, 0.2) is 29.5 Å². The molecule has 0 aliphatic rings. The molecule has 2 aromatic rings. The summed E-state index contributed by atoms with van der Waals surface area (Å²) in [7, 11) is 0. The summed E-state index contributed by atoms with van der Waals surface area (Å²) in [5.74, 6) is 0. The lowest BCUT2D eigenvalue weighted by Crippen LogP contribution is -2.06. The van der Waals surface area contributed by atoms with Gasteiger partial charge in [0.15, 0.2) is 0 Å². The highest BCUT2D eigenvalue weighted by atomic mass is 16.1. The van der Waals surface area contributed by atoms with E-state index in [1.807, 2.05) is 0 Å². The van der Waals surface area contributed by atoms with Crippen molar-refractivity contribution in [2.75, 3.05) is 5.73 Å². The molecule has 0 aliphatic heterocycles. The summed E-state index contributed by atoms with van der Waals surface area (Å²) in [5.41, 5.74) is 6.03. The van der Waals surface area contributed by atoms with E-state index in [1.54, 1.807) is 12.3 Å². The molecule has 0 aliphatic carbocycles. The molecular weight excluding hydrogens is 154 g/mol. The highest BCUT2D eigenvalue weighted by molar-refractivity contribution is 5.90. The Morgan fingerprint density at radius 1 is 1.42 bits per heavy atom. The largest absolute Gasteiger partial charge is 0.397 e. The van der Waals surface area contributed by atoms with Crippen LogP contribution >= 0.6 is 0 Å². The number of hydrogen-bond acceptors (Lipinski definition) is 3. The minimum Gasteiger partial charge on any atom is -0.397 e. The Labute approximate surface area is 68.1 Å². The van der Waals surface area contributed by atoms with Gasteiger partial charge in [0.25, 0.3) is 5.56 Å². The second-order valence-corrected chi connectivity index (χ2v) is 2.49. The maximum absolute atomic E-state index is 11.2. The highest BCUT2D eigenvalue weighted by Crippen LogP contribution is 2.13. The fourth-order valence-electron chi connectivity index (χ4n) is 1.13. The van der Waals surface area contributed by atoms with Crippen molar-refractivity contribution in [2.24, 2.45) is 0 Å². The van der Waals surface area contributed by atoms with Crippen LogP contribution in [-0.2, 0) is 0 Å². The number of nitrogens with one attached hydrogen (secondary N) is 1. The number of nitrogens with zero attached hydrogens (tertiary/aromatic N) is 1. The molecule has 0 amide bonds. The standard InChI is InChI=1S/C8H7N3O/c9-7-4-11-8(12)6-3-10-2-1-5(6)7/h1-4H,9H2,(H,11,12). The summed E-state index contributed by atoms with van der Waals surface area (Å²) in [6.45, 7) is 0. The third-order valence-corrected chi connectivity index (χ3v) is 1.74. The van der Waals surface area contributed by atoms with Gasteiger partial charge < -0.3 is 10.7 Å². The predicted octanol–water partition coefficient (Wildman–Crippen LogP) is 0.505. The fraction of sp³-hybridized carbons (Fsp3) is 0. The number of aromatic amines is 1. The predicted molar refractivity (Wildman–Crippen MR) is 46.8 cm³/mol. The number of aromatic nitrogens is 2. The number of nitrogen functional groups attached to an aromatic ring is 1. The molecule has 0 unspecified atom stereocenters. The molecule has 2 aromatic heterocycles. The van der Waals surface area contributed by atoms with E-state index < -0.39 is 0 Å². The van der Waals surface area contributed by atoms with Crippen LogP contribution in [0, 0.1) is 0 Å². The number of anilines is 1. The van der Waals surface area contributed by atoms with Gasteiger partial charge in [-0.2, -0.15) is 0 Å². The Balaban J connectivity index is 3.05. The van der Waals surface area contributed by atoms with E-state index >= 15 is 0 Å². The summed E-state index contributed by atoms with van der Waals surface area (Å²) < 4.78 is 0. The van der Waals surface area contributed by atoms with Crippen molar-refractivity contribution in [3.05, 3.63) is 35.0 Å². The fourth-order valence-corrected chi connectivity index (χ4v) is 1.13. The van der Waals surface area contributed by atoms with Crippen LogP contribution in [0.1, 0.15) is 0 Å². The molecule has 0 spiro atoms. The lowest BCUT2D eigenvalue weighted by atomic mass is 10.2. The summed E-state index contributed by atoms with van der Waals surface area (Å²) in [5, 5.41) is 1.27. The van der Waals surface area contributed by atoms with Crippen molar-refractivity contribution in [3.8, 4) is 0 Å². The van der Waals surface area contributed by atoms with Crippen molar-refractivity contribution in [1.29, 1.82) is 0 Å². The average Bonchev–Trinajstić information content (AvgIpc) is 2.12. The van der Waals surface area contributed by atoms with E-state index in [0.717, 1.165) is 5.39 Å². The van der Waals surface area contributed by atoms with E-state index in [0.29, 0.717) is 11.1 Å². The lowest BCUT2D eigenvalue weighted by Gasteiger charge is -1.97. The zero-order valence-corrected chi connectivity index (χ0v) is 6.24. The Morgan fingerprint density at radius 3 is 3.00 bits per heavy atom. The molecule has 0 bridgehead atoms. The first kappa shape index (κ1) is 6.84. The summed E-state index contributed by atoms with van der Waals surface area (Å²) in [4.78, 5) is 17.5. The van der Waals surface area contributed by atoms with Crippen LogP contribution in [0.25, 0.3) is 10.8 Å². The molecule has 0 radical (unpaired) electrons. The zero-order chi connectivity index (χ0) is 8.55. The van der Waals surface area contributed by atoms with Crippen molar-refractivity contribution in [1.82, 2.24) is 9.97 Å². The molecule has 0 aromatic carbocycles. The maximum Gasteiger partial charge on any atom is 0.257 e. The maximum atomic E-state index is 11.2. The monoisotopic (exact) mass is 161 g/mol. The van der Waals surface area contributed by atoms with E-state index in [2.05, 4.69) is 9.97 Å². The van der Waals surface area contributed by atoms with Crippen LogP contribution < -0.4 is 11.3 Å². The first-order valence-electron chi connectivity index (χ1n) is 3.50. The summed E-state index contributed by atoms with van der Waals surface area (Å²) in [6, 6.07) is 1.72. The molecule has 0 saturated carbocycles. The van der Waals surface area contributed by atoms with Crippen molar-refractivity contribution < 1.29 is 0 Å². The van der Waals surface area contributed by atoms with Gasteiger partial charge in [-0.05, 0) is 6.07 Å². The number of pyridine rings is 2. The van der Waals surface area contributed by atoms with E-state index in [9.17, 15) is 4.79 Å². The molecule has 3 N–H and O–H groups in total. The molecule has 2 heterocycles. The first-order chi connectivity index (χ1) is 5.79. The number of hydrogen-bond donors (Lipinski definition) is 2. The van der Waals surface area contributed by atoms with Gasteiger partial charge in [0.2, 0.25) is 0 Å². The first-order valence-corrected chi connectivity index (χ1v) is 3.50. The van der Waals surface area contributed by atoms with Crippen molar-refractivity contribution in [3.63, 3.8) is 0 Å². The summed E-state index contributed by atoms with van der Waals surface area (Å²) in [6.07, 6.45) is 4.60. The molecular formula is C8H7N3O. The van der Waals surface area contributed by atoms with Crippen molar-refractivity contribution >= 4 is 16.5 Å². The Morgan fingerprint density at radius 2 is 2.25 bits per heavy atom. The third-order valence-electron chi connectivity index (χ3n) is 1.74. The molecule has 4 nitrogen and oxygen atoms in total. The van der Waals surface area contributed by atoms with E-state index in [1.165, 1.54) is 12.4 Å². The normalized spacial score (nSPS) is 10.3. The second-order valence-electron chi connectivity index (χ2n) is 2.49. The average molecular weight is 161 g/mol. The molecule has 2 rings (SSSR count).